The van der Waals surface area contributed by atoms with Crippen molar-refractivity contribution in [3.63, 3.8) is 0 Å². The first kappa shape index (κ1) is 18.8. The Morgan fingerprint density at radius 3 is 2.74 bits per heavy atom. The van der Waals surface area contributed by atoms with Crippen molar-refractivity contribution in [2.75, 3.05) is 18.5 Å². The highest BCUT2D eigenvalue weighted by molar-refractivity contribution is 5.89. The second-order valence-electron chi connectivity index (χ2n) is 6.35. The first-order valence-electron chi connectivity index (χ1n) is 9.41. The van der Waals surface area contributed by atoms with Gasteiger partial charge in [-0.15, -0.1) is 0 Å². The van der Waals surface area contributed by atoms with Gasteiger partial charge in [0.25, 0.3) is 0 Å². The number of nitrogens with zero attached hydrogens (tertiary/aromatic N) is 3. The summed E-state index contributed by atoms with van der Waals surface area (Å²) in [6.07, 6.45) is 5.91. The summed E-state index contributed by atoms with van der Waals surface area (Å²) in [5.41, 5.74) is 2.60. The number of imidazole rings is 1. The molecule has 0 bridgehead atoms. The zero-order chi connectivity index (χ0) is 19.1. The van der Waals surface area contributed by atoms with Crippen LogP contribution in [0.1, 0.15) is 32.4 Å². The van der Waals surface area contributed by atoms with Crippen molar-refractivity contribution in [2.24, 2.45) is 0 Å². The van der Waals surface area contributed by atoms with Crippen LogP contribution in [-0.4, -0.2) is 33.5 Å². The minimum atomic E-state index is -0.136. The lowest BCUT2D eigenvalue weighted by Gasteiger charge is -2.21. The van der Waals surface area contributed by atoms with Crippen molar-refractivity contribution < 1.29 is 9.53 Å². The monoisotopic (exact) mass is 366 g/mol. The van der Waals surface area contributed by atoms with Crippen molar-refractivity contribution in [1.29, 1.82) is 0 Å². The van der Waals surface area contributed by atoms with Gasteiger partial charge in [0, 0.05) is 18.4 Å². The highest BCUT2D eigenvalue weighted by atomic mass is 16.5. The highest BCUT2D eigenvalue weighted by Crippen LogP contribution is 2.17. The second kappa shape index (κ2) is 9.07. The third-order valence-corrected chi connectivity index (χ3v) is 4.39. The Morgan fingerprint density at radius 1 is 1.19 bits per heavy atom. The summed E-state index contributed by atoms with van der Waals surface area (Å²) in [5.74, 6) is 0.819. The van der Waals surface area contributed by atoms with Gasteiger partial charge in [0.2, 0.25) is 0 Å². The quantitative estimate of drug-likeness (QED) is 0.594. The molecule has 3 rings (SSSR count). The first-order chi connectivity index (χ1) is 13.2. The topological polar surface area (TPSA) is 58.9 Å². The average Bonchev–Trinajstić information content (AvgIpc) is 3.10. The summed E-state index contributed by atoms with van der Waals surface area (Å²) in [6.45, 7) is 5.91. The fraction of sp³-hybridized carbons (Fsp3) is 0.333. The summed E-state index contributed by atoms with van der Waals surface area (Å²) in [7, 11) is 0. The number of ether oxygens (including phenoxy) is 1. The van der Waals surface area contributed by atoms with Crippen LogP contribution in [0.2, 0.25) is 0 Å². The maximum Gasteiger partial charge on any atom is 0.322 e. The number of aromatic nitrogens is 2. The summed E-state index contributed by atoms with van der Waals surface area (Å²) >= 11 is 0. The van der Waals surface area contributed by atoms with E-state index in [4.69, 9.17) is 4.74 Å². The number of unbranched alkanes of at least 4 members (excludes halogenated alkanes) is 1. The minimum Gasteiger partial charge on any atom is -0.494 e. The first-order valence-corrected chi connectivity index (χ1v) is 9.41. The molecule has 0 unspecified atom stereocenters. The van der Waals surface area contributed by atoms with E-state index >= 15 is 0 Å². The Bertz CT molecular complexity index is 873. The van der Waals surface area contributed by atoms with Crippen molar-refractivity contribution in [2.45, 2.75) is 33.2 Å². The Hall–Kier alpha value is -3.02. The molecule has 0 spiro atoms. The molecule has 3 aromatic rings. The molecular weight excluding hydrogens is 340 g/mol. The van der Waals surface area contributed by atoms with Crippen molar-refractivity contribution in [3.05, 3.63) is 60.6 Å². The van der Waals surface area contributed by atoms with Crippen LogP contribution in [0.25, 0.3) is 5.65 Å². The molecule has 2 amide bonds. The van der Waals surface area contributed by atoms with Crippen LogP contribution in [0.3, 0.4) is 0 Å². The van der Waals surface area contributed by atoms with E-state index in [9.17, 15) is 4.79 Å². The third kappa shape index (κ3) is 4.78. The van der Waals surface area contributed by atoms with Crippen LogP contribution < -0.4 is 10.1 Å². The summed E-state index contributed by atoms with van der Waals surface area (Å²) in [5, 5.41) is 2.95. The predicted octanol–water partition coefficient (Wildman–Crippen LogP) is 4.57. The van der Waals surface area contributed by atoms with Gasteiger partial charge in [-0.25, -0.2) is 9.78 Å². The minimum absolute atomic E-state index is 0.136. The Balaban J connectivity index is 1.61. The molecule has 6 nitrogen and oxygen atoms in total. The average molecular weight is 366 g/mol. The van der Waals surface area contributed by atoms with E-state index in [-0.39, 0.29) is 6.03 Å². The number of nitrogens with one attached hydrogen (secondary N) is 1. The zero-order valence-electron chi connectivity index (χ0n) is 15.9. The van der Waals surface area contributed by atoms with Gasteiger partial charge < -0.3 is 19.4 Å². The summed E-state index contributed by atoms with van der Waals surface area (Å²) < 4.78 is 7.65. The van der Waals surface area contributed by atoms with Gasteiger partial charge in [-0.2, -0.15) is 0 Å². The van der Waals surface area contributed by atoms with Crippen LogP contribution in [-0.2, 0) is 6.54 Å². The summed E-state index contributed by atoms with van der Waals surface area (Å²) in [4.78, 5) is 18.8. The molecule has 0 atom stereocenters. The summed E-state index contributed by atoms with van der Waals surface area (Å²) in [6, 6.07) is 13.2. The largest absolute Gasteiger partial charge is 0.494 e. The lowest BCUT2D eigenvalue weighted by atomic mass is 10.3. The maximum absolute atomic E-state index is 12.7. The molecule has 0 saturated carbocycles. The van der Waals surface area contributed by atoms with Crippen molar-refractivity contribution in [3.8, 4) is 5.75 Å². The number of carbonyl (C=O) groups excluding carboxylic acids is 1. The number of benzene rings is 1. The van der Waals surface area contributed by atoms with E-state index < -0.39 is 0 Å². The Kier molecular flexibility index (Phi) is 6.30. The van der Waals surface area contributed by atoms with Gasteiger partial charge in [0.15, 0.2) is 0 Å². The number of hydrogen-bond donors (Lipinski definition) is 1. The number of hydrogen-bond acceptors (Lipinski definition) is 3. The molecule has 0 aliphatic carbocycles. The molecule has 0 saturated heterocycles. The zero-order valence-corrected chi connectivity index (χ0v) is 15.9. The van der Waals surface area contributed by atoms with Crippen molar-refractivity contribution >= 4 is 17.4 Å². The molecule has 1 N–H and O–H groups in total. The van der Waals surface area contributed by atoms with Gasteiger partial charge in [-0.1, -0.05) is 19.4 Å². The van der Waals surface area contributed by atoms with Crippen molar-refractivity contribution in [1.82, 2.24) is 14.3 Å². The van der Waals surface area contributed by atoms with E-state index in [1.807, 2.05) is 66.2 Å². The SMILES string of the molecule is CCCCOc1ccc(NC(=O)N(CC)Cc2cnc3ccccn23)cc1. The molecule has 2 heterocycles. The number of rotatable bonds is 8. The molecule has 142 valence electrons. The highest BCUT2D eigenvalue weighted by Gasteiger charge is 2.14. The van der Waals surface area contributed by atoms with Gasteiger partial charge >= 0.3 is 6.03 Å². The van der Waals surface area contributed by atoms with Gasteiger partial charge in [-0.3, -0.25) is 0 Å². The van der Waals surface area contributed by atoms with Crippen LogP contribution in [0.5, 0.6) is 5.75 Å². The fourth-order valence-electron chi connectivity index (χ4n) is 2.80. The van der Waals surface area contributed by atoms with Gasteiger partial charge in [0.05, 0.1) is 25.0 Å². The fourth-order valence-corrected chi connectivity index (χ4v) is 2.80. The van der Waals surface area contributed by atoms with Crippen LogP contribution in [0.15, 0.2) is 54.9 Å². The smallest absolute Gasteiger partial charge is 0.322 e. The number of urea groups is 1. The second-order valence-corrected chi connectivity index (χ2v) is 6.35. The van der Waals surface area contributed by atoms with E-state index in [1.54, 1.807) is 4.90 Å². The molecule has 1 aromatic carbocycles. The van der Waals surface area contributed by atoms with E-state index in [0.29, 0.717) is 19.7 Å². The third-order valence-electron chi connectivity index (χ3n) is 4.39. The molecule has 0 radical (unpaired) electrons. The molecule has 27 heavy (non-hydrogen) atoms. The normalized spacial score (nSPS) is 10.7. The molecule has 0 aliphatic rings. The number of pyridine rings is 1. The van der Waals surface area contributed by atoms with Crippen LogP contribution >= 0.6 is 0 Å². The van der Waals surface area contributed by atoms with E-state index in [0.717, 1.165) is 35.6 Å². The number of fused-ring (bicyclic) bond motifs is 1. The molecule has 6 heteroatoms. The van der Waals surface area contributed by atoms with Crippen LogP contribution in [0.4, 0.5) is 10.5 Å². The maximum atomic E-state index is 12.7. The Morgan fingerprint density at radius 2 is 2.00 bits per heavy atom. The van der Waals surface area contributed by atoms with Gasteiger partial charge in [0.1, 0.15) is 11.4 Å². The molecular formula is C21H26N4O2. The standard InChI is InChI=1S/C21H26N4O2/c1-3-5-14-27-19-11-9-17(10-12-19)23-21(26)24(4-2)16-18-15-22-20-8-6-7-13-25(18)20/h6-13,15H,3-5,14,16H2,1-2H3,(H,23,26). The lowest BCUT2D eigenvalue weighted by Crippen LogP contribution is -2.34. The van der Waals surface area contributed by atoms with Crippen LogP contribution in [0, 0.1) is 0 Å². The lowest BCUT2D eigenvalue weighted by molar-refractivity contribution is 0.211. The number of carbonyl (C=O) groups is 1. The van der Waals surface area contributed by atoms with Gasteiger partial charge in [-0.05, 0) is 49.7 Å². The molecule has 0 fully saturated rings. The Labute approximate surface area is 159 Å². The van der Waals surface area contributed by atoms with E-state index in [1.165, 1.54) is 0 Å². The number of amides is 2. The van der Waals surface area contributed by atoms with E-state index in [2.05, 4.69) is 17.2 Å². The predicted molar refractivity (Wildman–Crippen MR) is 107 cm³/mol. The molecule has 0 aliphatic heterocycles. The molecule has 2 aromatic heterocycles. The number of anilines is 1.